The van der Waals surface area contributed by atoms with Gasteiger partial charge in [-0.25, -0.2) is 4.98 Å². The second kappa shape index (κ2) is 3.70. The van der Waals surface area contributed by atoms with Crippen LogP contribution in [0.15, 0.2) is 42.5 Å². The lowest BCUT2D eigenvalue weighted by molar-refractivity contribution is 1.43. The van der Waals surface area contributed by atoms with Crippen LogP contribution >= 0.6 is 22.6 Å². The summed E-state index contributed by atoms with van der Waals surface area (Å²) < 4.78 is 1.29. The van der Waals surface area contributed by atoms with Gasteiger partial charge in [-0.1, -0.05) is 18.2 Å². The van der Waals surface area contributed by atoms with E-state index in [0.29, 0.717) is 0 Å². The molecule has 1 heterocycles. The molecule has 0 bridgehead atoms. The van der Waals surface area contributed by atoms with E-state index in [1.807, 2.05) is 6.07 Å². The van der Waals surface area contributed by atoms with Crippen LogP contribution in [-0.2, 0) is 0 Å². The maximum atomic E-state index is 4.68. The Bertz CT molecular complexity index is 689. The van der Waals surface area contributed by atoms with Crippen molar-refractivity contribution in [1.82, 2.24) is 4.98 Å². The Labute approximate surface area is 108 Å². The monoisotopic (exact) mass is 319 g/mol. The van der Waals surface area contributed by atoms with Crippen LogP contribution in [0.1, 0.15) is 5.56 Å². The molecule has 0 atom stereocenters. The van der Waals surface area contributed by atoms with Crippen molar-refractivity contribution in [3.05, 3.63) is 51.6 Å². The van der Waals surface area contributed by atoms with E-state index in [1.54, 1.807) is 0 Å². The molecule has 2 aromatic carbocycles. The molecule has 0 saturated heterocycles. The molecule has 1 nitrogen and oxygen atoms in total. The van der Waals surface area contributed by atoms with Crippen LogP contribution in [-0.4, -0.2) is 4.98 Å². The number of fused-ring (bicyclic) bond motifs is 2. The lowest BCUT2D eigenvalue weighted by Gasteiger charge is -2.05. The Morgan fingerprint density at radius 1 is 1.00 bits per heavy atom. The average molecular weight is 319 g/mol. The standard InChI is InChI=1S/C14H10IN/c1-9-11-8-10-4-2-3-5-13(10)16-14(11)7-6-12(9)15/h2-8H,1H3. The number of rotatable bonds is 0. The quantitative estimate of drug-likeness (QED) is 0.445. The summed E-state index contributed by atoms with van der Waals surface area (Å²) >= 11 is 2.37. The smallest absolute Gasteiger partial charge is 0.0713 e. The number of nitrogens with zero attached hydrogens (tertiary/aromatic N) is 1. The van der Waals surface area contributed by atoms with Crippen LogP contribution in [0.4, 0.5) is 0 Å². The van der Waals surface area contributed by atoms with Gasteiger partial charge in [0.2, 0.25) is 0 Å². The number of hydrogen-bond acceptors (Lipinski definition) is 1. The molecule has 0 aliphatic rings. The topological polar surface area (TPSA) is 12.9 Å². The highest BCUT2D eigenvalue weighted by Gasteiger charge is 2.04. The van der Waals surface area contributed by atoms with Gasteiger partial charge in [-0.05, 0) is 59.3 Å². The second-order valence-electron chi connectivity index (χ2n) is 3.92. The molecule has 0 radical (unpaired) electrons. The van der Waals surface area contributed by atoms with Crippen LogP contribution in [0.5, 0.6) is 0 Å². The van der Waals surface area contributed by atoms with E-state index < -0.39 is 0 Å². The molecular formula is C14H10IN. The number of aryl methyl sites for hydroxylation is 1. The molecule has 0 aliphatic heterocycles. The van der Waals surface area contributed by atoms with Gasteiger partial charge in [-0.2, -0.15) is 0 Å². The first-order chi connectivity index (χ1) is 7.75. The van der Waals surface area contributed by atoms with E-state index in [-0.39, 0.29) is 0 Å². The van der Waals surface area contributed by atoms with E-state index in [4.69, 9.17) is 0 Å². The highest BCUT2D eigenvalue weighted by atomic mass is 127. The van der Waals surface area contributed by atoms with Gasteiger partial charge in [0.25, 0.3) is 0 Å². The first kappa shape index (κ1) is 10.0. The van der Waals surface area contributed by atoms with E-state index in [1.165, 1.54) is 19.9 Å². The summed E-state index contributed by atoms with van der Waals surface area (Å²) in [5, 5.41) is 2.46. The van der Waals surface area contributed by atoms with Gasteiger partial charge in [-0.3, -0.25) is 0 Å². The van der Waals surface area contributed by atoms with Crippen LogP contribution in [0, 0.1) is 10.5 Å². The number of halogens is 1. The number of benzene rings is 2. The molecule has 0 saturated carbocycles. The van der Waals surface area contributed by atoms with Crippen molar-refractivity contribution in [2.45, 2.75) is 6.92 Å². The average Bonchev–Trinajstić information content (AvgIpc) is 2.32. The molecule has 3 aromatic rings. The Kier molecular flexibility index (Phi) is 2.32. The predicted molar refractivity (Wildman–Crippen MR) is 76.7 cm³/mol. The molecule has 16 heavy (non-hydrogen) atoms. The summed E-state index contributed by atoms with van der Waals surface area (Å²) in [7, 11) is 0. The number of pyridine rings is 1. The minimum absolute atomic E-state index is 1.07. The largest absolute Gasteiger partial charge is 0.248 e. The number of para-hydroxylation sites is 1. The van der Waals surface area contributed by atoms with Gasteiger partial charge in [0.05, 0.1) is 11.0 Å². The van der Waals surface area contributed by atoms with Crippen molar-refractivity contribution in [2.24, 2.45) is 0 Å². The molecule has 0 aliphatic carbocycles. The molecular weight excluding hydrogens is 309 g/mol. The van der Waals surface area contributed by atoms with Crippen molar-refractivity contribution < 1.29 is 0 Å². The Balaban J connectivity index is 2.51. The summed E-state index contributed by atoms with van der Waals surface area (Å²) in [6.07, 6.45) is 0. The number of aromatic nitrogens is 1. The lowest BCUT2D eigenvalue weighted by Crippen LogP contribution is -1.87. The highest BCUT2D eigenvalue weighted by Crippen LogP contribution is 2.25. The second-order valence-corrected chi connectivity index (χ2v) is 5.08. The molecule has 0 spiro atoms. The summed E-state index contributed by atoms with van der Waals surface area (Å²) in [6.45, 7) is 2.15. The van der Waals surface area contributed by atoms with Gasteiger partial charge in [-0.15, -0.1) is 0 Å². The lowest BCUT2D eigenvalue weighted by atomic mass is 10.1. The van der Waals surface area contributed by atoms with E-state index in [9.17, 15) is 0 Å². The first-order valence-electron chi connectivity index (χ1n) is 5.20. The van der Waals surface area contributed by atoms with Crippen LogP contribution in [0.3, 0.4) is 0 Å². The van der Waals surface area contributed by atoms with Gasteiger partial charge in [0.15, 0.2) is 0 Å². The Morgan fingerprint density at radius 3 is 2.69 bits per heavy atom. The molecule has 2 heteroatoms. The maximum Gasteiger partial charge on any atom is 0.0713 e. The number of hydrogen-bond donors (Lipinski definition) is 0. The van der Waals surface area contributed by atoms with E-state index in [0.717, 1.165) is 11.0 Å². The minimum Gasteiger partial charge on any atom is -0.248 e. The molecule has 0 amide bonds. The zero-order valence-corrected chi connectivity index (χ0v) is 11.0. The summed E-state index contributed by atoms with van der Waals surface area (Å²) in [6, 6.07) is 14.7. The van der Waals surface area contributed by atoms with Crippen molar-refractivity contribution >= 4 is 44.4 Å². The molecule has 3 rings (SSSR count). The van der Waals surface area contributed by atoms with Gasteiger partial charge in [0.1, 0.15) is 0 Å². The molecule has 0 N–H and O–H groups in total. The molecule has 0 fully saturated rings. The van der Waals surface area contributed by atoms with Crippen molar-refractivity contribution in [1.29, 1.82) is 0 Å². The third-order valence-electron chi connectivity index (χ3n) is 2.90. The fourth-order valence-electron chi connectivity index (χ4n) is 1.96. The van der Waals surface area contributed by atoms with Crippen LogP contribution < -0.4 is 0 Å². The van der Waals surface area contributed by atoms with Crippen LogP contribution in [0.25, 0.3) is 21.8 Å². The SMILES string of the molecule is Cc1c(I)ccc2nc3ccccc3cc12. The highest BCUT2D eigenvalue weighted by molar-refractivity contribution is 14.1. The fraction of sp³-hybridized carbons (Fsp3) is 0.0714. The Hall–Kier alpha value is -1.16. The third-order valence-corrected chi connectivity index (χ3v) is 4.07. The van der Waals surface area contributed by atoms with E-state index >= 15 is 0 Å². The van der Waals surface area contributed by atoms with E-state index in [2.05, 4.69) is 70.9 Å². The minimum atomic E-state index is 1.07. The summed E-state index contributed by atoms with van der Waals surface area (Å²) in [5.41, 5.74) is 3.46. The third kappa shape index (κ3) is 1.48. The predicted octanol–water partition coefficient (Wildman–Crippen LogP) is 4.30. The van der Waals surface area contributed by atoms with Gasteiger partial charge < -0.3 is 0 Å². The van der Waals surface area contributed by atoms with Crippen molar-refractivity contribution in [3.8, 4) is 0 Å². The fourth-order valence-corrected chi connectivity index (χ4v) is 2.43. The molecule has 78 valence electrons. The Morgan fingerprint density at radius 2 is 1.81 bits per heavy atom. The molecule has 1 aromatic heterocycles. The van der Waals surface area contributed by atoms with Gasteiger partial charge in [0, 0.05) is 14.3 Å². The summed E-state index contributed by atoms with van der Waals surface area (Å²) in [4.78, 5) is 4.68. The maximum absolute atomic E-state index is 4.68. The normalized spacial score (nSPS) is 11.1. The van der Waals surface area contributed by atoms with Crippen molar-refractivity contribution in [3.63, 3.8) is 0 Å². The zero-order valence-electron chi connectivity index (χ0n) is 8.87. The van der Waals surface area contributed by atoms with Gasteiger partial charge >= 0.3 is 0 Å². The zero-order chi connectivity index (χ0) is 11.1. The first-order valence-corrected chi connectivity index (χ1v) is 6.28. The molecule has 0 unspecified atom stereocenters. The van der Waals surface area contributed by atoms with Crippen molar-refractivity contribution in [2.75, 3.05) is 0 Å². The summed E-state index contributed by atoms with van der Waals surface area (Å²) in [5.74, 6) is 0. The van der Waals surface area contributed by atoms with Crippen LogP contribution in [0.2, 0.25) is 0 Å².